The summed E-state index contributed by atoms with van der Waals surface area (Å²) in [6.45, 7) is 29.4. The number of hydrogen-bond donors (Lipinski definition) is 1. The molecule has 0 aliphatic carbocycles. The molecule has 0 bridgehead atoms. The highest BCUT2D eigenvalue weighted by Gasteiger charge is 2.27. The Kier molecular flexibility index (Phi) is 30.3. The molecule has 18 rings (SSSR count). The summed E-state index contributed by atoms with van der Waals surface area (Å²) in [5.41, 5.74) is 0.393. The second-order valence-electron chi connectivity index (χ2n) is 31.6. The molecule has 22 nitrogen and oxygen atoms in total. The van der Waals surface area contributed by atoms with E-state index in [1.54, 1.807) is 57.7 Å². The number of benzene rings is 6. The van der Waals surface area contributed by atoms with E-state index in [0.29, 0.717) is 6.67 Å². The van der Waals surface area contributed by atoms with Gasteiger partial charge in [-0.1, -0.05) is 169 Å². The molecule has 12 aromatic rings. The van der Waals surface area contributed by atoms with Crippen molar-refractivity contribution in [2.75, 3.05) is 110 Å². The molecule has 6 aliphatic heterocycles. The monoisotopic (exact) mass is 1680 g/mol. The maximum Gasteiger partial charge on any atom is 0.407 e. The van der Waals surface area contributed by atoms with E-state index in [1.165, 1.54) is 74.4 Å². The van der Waals surface area contributed by atoms with Crippen LogP contribution in [0.15, 0.2) is 174 Å². The van der Waals surface area contributed by atoms with Crippen molar-refractivity contribution in [1.82, 2.24) is 63.4 Å². The quantitative estimate of drug-likeness (QED) is 0.108. The van der Waals surface area contributed by atoms with E-state index in [4.69, 9.17) is 4.74 Å². The molecule has 6 aliphatic rings. The first-order chi connectivity index (χ1) is 55.3. The SMILES string of the molecule is CC(C)(C)OC(=O)NC1CCN(Cn2sc3ccccc3c2=O)CC1.CC1CCN(Cn2sc3ccccc3c2=O)CC1.CCC1CCN(Cn2sc3ccccc3c2=O)CC1.CN1CCN(Cn2sc3ccccc3c2=O)CC1.O=c1c2ccccc2sn1CN1CCCCC1.O=c1c2ccccc2sn1CN1CCSCC1. The Hall–Kier alpha value is -7.20. The number of alkyl carbamates (subject to hydrolysis) is 1. The van der Waals surface area contributed by atoms with Crippen LogP contribution in [0.2, 0.25) is 0 Å². The third-order valence-corrected chi connectivity index (χ3v) is 29.2. The highest BCUT2D eigenvalue weighted by molar-refractivity contribution is 7.99. The molecule has 1 amide bonds. The molecule has 0 atom stereocenters. The van der Waals surface area contributed by atoms with E-state index in [2.05, 4.69) is 60.5 Å². The van der Waals surface area contributed by atoms with Gasteiger partial charge in [0.25, 0.3) is 33.4 Å². The second kappa shape index (κ2) is 40.8. The van der Waals surface area contributed by atoms with Crippen LogP contribution >= 0.6 is 81.0 Å². The van der Waals surface area contributed by atoms with Gasteiger partial charge >= 0.3 is 6.09 Å². The average Bonchev–Trinajstić information content (AvgIpc) is 1.65. The summed E-state index contributed by atoms with van der Waals surface area (Å²) >= 11 is 11.4. The molecule has 610 valence electrons. The van der Waals surface area contributed by atoms with Gasteiger partial charge in [-0.25, -0.2) is 28.5 Å². The smallest absolute Gasteiger partial charge is 0.407 e. The van der Waals surface area contributed by atoms with Gasteiger partial charge in [0.15, 0.2) is 0 Å². The topological polar surface area (TPSA) is 193 Å². The van der Waals surface area contributed by atoms with Crippen molar-refractivity contribution in [2.24, 2.45) is 11.8 Å². The molecular weight excluding hydrogens is 1570 g/mol. The van der Waals surface area contributed by atoms with Crippen LogP contribution in [0.25, 0.3) is 60.5 Å². The molecule has 6 aromatic carbocycles. The second-order valence-corrected chi connectivity index (χ2v) is 39.2. The van der Waals surface area contributed by atoms with Gasteiger partial charge in [0.2, 0.25) is 0 Å². The third kappa shape index (κ3) is 23.0. The van der Waals surface area contributed by atoms with Gasteiger partial charge in [0.1, 0.15) is 5.60 Å². The predicted octanol–water partition coefficient (Wildman–Crippen LogP) is 14.7. The minimum atomic E-state index is -0.479. The Morgan fingerprint density at radius 3 is 0.939 bits per heavy atom. The molecule has 0 saturated carbocycles. The number of likely N-dealkylation sites (N-methyl/N-ethyl adjacent to an activating group) is 1. The number of piperazine rings is 1. The van der Waals surface area contributed by atoms with Crippen molar-refractivity contribution in [3.05, 3.63) is 208 Å². The number of likely N-dealkylation sites (tertiary alicyclic amines) is 4. The highest BCUT2D eigenvalue weighted by atomic mass is 32.2. The number of ether oxygens (including phenoxy) is 1. The molecule has 0 spiro atoms. The van der Waals surface area contributed by atoms with E-state index in [0.717, 1.165) is 210 Å². The summed E-state index contributed by atoms with van der Waals surface area (Å²) in [6, 6.07) is 47.1. The number of rotatable bonds is 14. The van der Waals surface area contributed by atoms with E-state index in [-0.39, 0.29) is 45.5 Å². The van der Waals surface area contributed by atoms with Gasteiger partial charge in [-0.3, -0.25) is 58.2 Å². The van der Waals surface area contributed by atoms with Crippen LogP contribution in [-0.2, 0) is 44.7 Å². The zero-order valence-corrected chi connectivity index (χ0v) is 72.4. The molecule has 114 heavy (non-hydrogen) atoms. The van der Waals surface area contributed by atoms with Gasteiger partial charge < -0.3 is 15.0 Å². The van der Waals surface area contributed by atoms with Crippen molar-refractivity contribution in [3.63, 3.8) is 0 Å². The number of nitrogens with zero attached hydrogens (tertiary/aromatic N) is 13. The zero-order chi connectivity index (χ0) is 79.7. The Labute approximate surface area is 695 Å². The molecule has 6 aromatic heterocycles. The van der Waals surface area contributed by atoms with E-state index >= 15 is 0 Å². The summed E-state index contributed by atoms with van der Waals surface area (Å²) in [7, 11) is 2.14. The van der Waals surface area contributed by atoms with Crippen molar-refractivity contribution >= 4 is 148 Å². The zero-order valence-electron chi connectivity index (χ0n) is 66.7. The summed E-state index contributed by atoms with van der Waals surface area (Å²) in [5, 5.41) is 7.99. The lowest BCUT2D eigenvalue weighted by Gasteiger charge is -2.32. The standard InChI is InChI=1S/C18H25N3O3S.C15H20N2OS.C14H18N2OS.C13H17N3OS.C13H16N2OS.C12H14N2OS2/c1-18(2,3)24-17(23)19-13-8-10-20(11-9-13)12-21-16(22)14-6-4-5-7-15(14)25-21;1-2-12-7-9-16(10-8-12)11-17-15(18)13-5-3-4-6-14(13)19-17;1-11-6-8-15(9-7-11)10-16-14(17)12-4-2-3-5-13(12)18-16;1-14-6-8-15(9-7-14)10-16-13(17)11-4-2-3-5-12(11)18-16;16-13-11-6-2-3-7-12(11)17-15(13)10-14-8-4-1-5-9-14;15-12-10-3-1-2-4-11(10)17-14(12)9-13-5-7-16-8-6-13/h4-7,13H,8-12H2,1-3H3,(H,19,23);3-6,12H,2,7-11H2,1H3;2-5,11H,6-10H2,1H3;2-5H,6-10H2,1H3;2-3,6-7H,1,4-5,8-10H2;1-4H,5-9H2. The highest BCUT2D eigenvalue weighted by Crippen LogP contribution is 2.27. The molecule has 0 unspecified atom stereocenters. The molecule has 6 saturated heterocycles. The van der Waals surface area contributed by atoms with Gasteiger partial charge in [-0.15, -0.1) is 0 Å². The Morgan fingerprint density at radius 1 is 0.368 bits per heavy atom. The van der Waals surface area contributed by atoms with Crippen LogP contribution < -0.4 is 38.7 Å². The van der Waals surface area contributed by atoms with Crippen LogP contribution in [0.1, 0.15) is 98.8 Å². The minimum absolute atomic E-state index is 0.0783. The Bertz CT molecular complexity index is 5250. The lowest BCUT2D eigenvalue weighted by molar-refractivity contribution is 0.0472. The maximum absolute atomic E-state index is 12.4. The van der Waals surface area contributed by atoms with Crippen molar-refractivity contribution in [2.45, 2.75) is 150 Å². The van der Waals surface area contributed by atoms with Gasteiger partial charge in [0, 0.05) is 96.1 Å². The van der Waals surface area contributed by atoms with Crippen LogP contribution in [0.5, 0.6) is 0 Å². The van der Waals surface area contributed by atoms with Crippen LogP contribution in [0.4, 0.5) is 4.79 Å². The Morgan fingerprint density at radius 2 is 0.640 bits per heavy atom. The number of nitrogens with one attached hydrogen (secondary N) is 1. The summed E-state index contributed by atoms with van der Waals surface area (Å²) < 4.78 is 23.0. The molecule has 12 heterocycles. The summed E-state index contributed by atoms with van der Waals surface area (Å²) in [6.07, 6.45) is 11.6. The van der Waals surface area contributed by atoms with E-state index in [1.807, 2.05) is 202 Å². The van der Waals surface area contributed by atoms with Crippen LogP contribution in [-0.4, -0.2) is 186 Å². The van der Waals surface area contributed by atoms with Crippen LogP contribution in [0, 0.1) is 11.8 Å². The molecule has 1 N–H and O–H groups in total. The van der Waals surface area contributed by atoms with Gasteiger partial charge in [0.05, 0.1) is 101 Å². The number of fused-ring (bicyclic) bond motifs is 6. The predicted molar refractivity (Wildman–Crippen MR) is 478 cm³/mol. The first kappa shape index (κ1) is 84.7. The van der Waals surface area contributed by atoms with E-state index < -0.39 is 5.60 Å². The van der Waals surface area contributed by atoms with Crippen molar-refractivity contribution in [3.8, 4) is 0 Å². The fourth-order valence-corrected chi connectivity index (χ4v) is 22.2. The summed E-state index contributed by atoms with van der Waals surface area (Å²) in [4.78, 5) is 102. The number of carbonyl (C=O) groups excluding carboxylic acids is 1. The number of aromatic nitrogens is 6. The Balaban J connectivity index is 0.000000120. The largest absolute Gasteiger partial charge is 0.444 e. The lowest BCUT2D eigenvalue weighted by atomic mass is 9.95. The summed E-state index contributed by atoms with van der Waals surface area (Å²) in [5.74, 6) is 4.08. The maximum atomic E-state index is 12.4. The normalized spacial score (nSPS) is 17.8. The molecular formula is C85H110N14O8S7. The van der Waals surface area contributed by atoms with Gasteiger partial charge in [-0.05, 0) is 177 Å². The minimum Gasteiger partial charge on any atom is -0.444 e. The van der Waals surface area contributed by atoms with E-state index in [9.17, 15) is 33.6 Å². The first-order valence-electron chi connectivity index (χ1n) is 40.4. The average molecular weight is 1680 g/mol. The fourth-order valence-electron chi connectivity index (χ4n) is 15.0. The fraction of sp³-hybridized carbons (Fsp3) is 0.494. The molecule has 29 heteroatoms. The number of carbonyl (C=O) groups is 1. The molecule has 0 radical (unpaired) electrons. The first-order valence-corrected chi connectivity index (χ1v) is 46.2. The lowest BCUT2D eigenvalue weighted by Crippen LogP contribution is -2.46. The van der Waals surface area contributed by atoms with Crippen molar-refractivity contribution < 1.29 is 9.53 Å². The number of hydrogen-bond acceptors (Lipinski definition) is 22. The van der Waals surface area contributed by atoms with Crippen molar-refractivity contribution in [1.29, 1.82) is 0 Å². The number of piperidine rings is 4. The number of amides is 1. The van der Waals surface area contributed by atoms with Crippen LogP contribution in [0.3, 0.4) is 0 Å². The third-order valence-electron chi connectivity index (χ3n) is 21.9. The van der Waals surface area contributed by atoms with Gasteiger partial charge in [-0.2, -0.15) is 11.8 Å². The molecule has 6 fully saturated rings. The number of thioether (sulfide) groups is 1.